The van der Waals surface area contributed by atoms with Crippen molar-refractivity contribution in [2.45, 2.75) is 17.6 Å². The van der Waals surface area contributed by atoms with Crippen LogP contribution in [-0.4, -0.2) is 21.8 Å². The first-order chi connectivity index (χ1) is 14.5. The average Bonchev–Trinajstić information content (AvgIpc) is 3.18. The van der Waals surface area contributed by atoms with Crippen molar-refractivity contribution < 1.29 is 13.6 Å². The number of fused-ring (bicyclic) bond motifs is 1. The molecule has 0 N–H and O–H groups in total. The van der Waals surface area contributed by atoms with E-state index in [-0.39, 0.29) is 5.91 Å². The van der Waals surface area contributed by atoms with Crippen LogP contribution in [0.15, 0.2) is 78.0 Å². The van der Waals surface area contributed by atoms with Crippen LogP contribution in [0.3, 0.4) is 0 Å². The van der Waals surface area contributed by atoms with Gasteiger partial charge in [0.05, 0.1) is 5.69 Å². The molecule has 0 saturated carbocycles. The SMILES string of the molecule is CCN(C(=O)c1ccc(SCc2cn3ccccc3n2)cc1)c1ccc(F)c(F)c1. The lowest BCUT2D eigenvalue weighted by molar-refractivity contribution is 0.0988. The van der Waals surface area contributed by atoms with Crippen LogP contribution in [0.1, 0.15) is 23.0 Å². The van der Waals surface area contributed by atoms with Crippen molar-refractivity contribution >= 4 is 29.0 Å². The van der Waals surface area contributed by atoms with E-state index in [2.05, 4.69) is 4.98 Å². The number of rotatable bonds is 6. The monoisotopic (exact) mass is 423 g/mol. The molecule has 2 aromatic heterocycles. The molecule has 0 unspecified atom stereocenters. The summed E-state index contributed by atoms with van der Waals surface area (Å²) in [6.45, 7) is 2.13. The van der Waals surface area contributed by atoms with Gasteiger partial charge in [0.25, 0.3) is 5.91 Å². The summed E-state index contributed by atoms with van der Waals surface area (Å²) in [7, 11) is 0. The van der Waals surface area contributed by atoms with E-state index in [4.69, 9.17) is 0 Å². The van der Waals surface area contributed by atoms with E-state index < -0.39 is 11.6 Å². The number of anilines is 1. The van der Waals surface area contributed by atoms with Crippen LogP contribution in [0.25, 0.3) is 5.65 Å². The molecular formula is C23H19F2N3OS. The third kappa shape index (κ3) is 4.21. The van der Waals surface area contributed by atoms with Crippen molar-refractivity contribution in [3.05, 3.63) is 95.9 Å². The number of aromatic nitrogens is 2. The first-order valence-corrected chi connectivity index (χ1v) is 10.5. The Hall–Kier alpha value is -3.19. The number of thioether (sulfide) groups is 1. The standard InChI is InChI=1S/C23H19F2N3OS/c1-2-28(18-8-11-20(24)21(25)13-18)23(29)16-6-9-19(10-7-16)30-15-17-14-27-12-4-3-5-22(27)26-17/h3-14H,2,15H2,1H3. The maximum atomic E-state index is 13.6. The largest absolute Gasteiger partial charge is 0.309 e. The summed E-state index contributed by atoms with van der Waals surface area (Å²) < 4.78 is 28.8. The van der Waals surface area contributed by atoms with Gasteiger partial charge in [0.15, 0.2) is 11.6 Å². The summed E-state index contributed by atoms with van der Waals surface area (Å²) in [5, 5.41) is 0. The Morgan fingerprint density at radius 2 is 1.87 bits per heavy atom. The second-order valence-electron chi connectivity index (χ2n) is 6.66. The van der Waals surface area contributed by atoms with Crippen molar-refractivity contribution in [2.24, 2.45) is 0 Å². The Morgan fingerprint density at radius 1 is 1.07 bits per heavy atom. The Labute approximate surface area is 177 Å². The molecular weight excluding hydrogens is 404 g/mol. The van der Waals surface area contributed by atoms with Gasteiger partial charge < -0.3 is 9.30 Å². The molecule has 0 spiro atoms. The van der Waals surface area contributed by atoms with Crippen LogP contribution in [0, 0.1) is 11.6 Å². The van der Waals surface area contributed by atoms with Crippen molar-refractivity contribution in [2.75, 3.05) is 11.4 Å². The molecule has 0 aliphatic heterocycles. The van der Waals surface area contributed by atoms with Crippen molar-refractivity contribution in [1.82, 2.24) is 9.38 Å². The minimum Gasteiger partial charge on any atom is -0.309 e. The Morgan fingerprint density at radius 3 is 2.57 bits per heavy atom. The van der Waals surface area contributed by atoms with E-state index in [1.54, 1.807) is 30.8 Å². The molecule has 152 valence electrons. The third-order valence-corrected chi connectivity index (χ3v) is 5.72. The highest BCUT2D eigenvalue weighted by Gasteiger charge is 2.17. The predicted molar refractivity (Wildman–Crippen MR) is 115 cm³/mol. The van der Waals surface area contributed by atoms with Crippen molar-refractivity contribution in [1.29, 1.82) is 0 Å². The first-order valence-electron chi connectivity index (χ1n) is 9.47. The van der Waals surface area contributed by atoms with E-state index >= 15 is 0 Å². The van der Waals surface area contributed by atoms with Crippen LogP contribution in [0.5, 0.6) is 0 Å². The lowest BCUT2D eigenvalue weighted by Crippen LogP contribution is -2.30. The fraction of sp³-hybridized carbons (Fsp3) is 0.130. The van der Waals surface area contributed by atoms with Gasteiger partial charge in [0.2, 0.25) is 0 Å². The lowest BCUT2D eigenvalue weighted by atomic mass is 10.1. The van der Waals surface area contributed by atoms with Crippen LogP contribution in [0.4, 0.5) is 14.5 Å². The predicted octanol–water partition coefficient (Wildman–Crippen LogP) is 5.57. The van der Waals surface area contributed by atoms with E-state index in [0.29, 0.717) is 23.5 Å². The smallest absolute Gasteiger partial charge is 0.258 e. The molecule has 7 heteroatoms. The average molecular weight is 423 g/mol. The van der Waals surface area contributed by atoms with Crippen molar-refractivity contribution in [3.8, 4) is 0 Å². The van der Waals surface area contributed by atoms with E-state index in [1.165, 1.54) is 11.0 Å². The molecule has 4 nitrogen and oxygen atoms in total. The molecule has 2 aromatic carbocycles. The van der Waals surface area contributed by atoms with Gasteiger partial charge in [-0.25, -0.2) is 13.8 Å². The van der Waals surface area contributed by atoms with Crippen LogP contribution < -0.4 is 4.90 Å². The maximum absolute atomic E-state index is 13.6. The lowest BCUT2D eigenvalue weighted by Gasteiger charge is -2.21. The summed E-state index contributed by atoms with van der Waals surface area (Å²) >= 11 is 1.63. The molecule has 2 heterocycles. The topological polar surface area (TPSA) is 37.6 Å². The molecule has 1 amide bonds. The van der Waals surface area contributed by atoms with Crippen LogP contribution >= 0.6 is 11.8 Å². The van der Waals surface area contributed by atoms with Gasteiger partial charge in [-0.05, 0) is 55.5 Å². The molecule has 4 rings (SSSR count). The molecule has 0 bridgehead atoms. The molecule has 0 radical (unpaired) electrons. The zero-order chi connectivity index (χ0) is 21.1. The van der Waals surface area contributed by atoms with Crippen LogP contribution in [-0.2, 0) is 5.75 Å². The normalized spacial score (nSPS) is 11.0. The minimum atomic E-state index is -0.975. The van der Waals surface area contributed by atoms with Gasteiger partial charge in [-0.15, -0.1) is 11.8 Å². The quantitative estimate of drug-likeness (QED) is 0.381. The Kier molecular flexibility index (Phi) is 5.81. The highest BCUT2D eigenvalue weighted by molar-refractivity contribution is 7.98. The third-order valence-electron chi connectivity index (χ3n) is 4.68. The number of amides is 1. The number of nitrogens with zero attached hydrogens (tertiary/aromatic N) is 3. The van der Waals surface area contributed by atoms with Crippen LogP contribution in [0.2, 0.25) is 0 Å². The first kappa shape index (κ1) is 20.1. The molecule has 0 aliphatic rings. The van der Waals surface area contributed by atoms with Gasteiger partial charge in [-0.3, -0.25) is 4.79 Å². The molecule has 30 heavy (non-hydrogen) atoms. The van der Waals surface area contributed by atoms with E-state index in [0.717, 1.165) is 28.4 Å². The number of halogens is 2. The molecule has 4 aromatic rings. The highest BCUT2D eigenvalue weighted by atomic mass is 32.2. The highest BCUT2D eigenvalue weighted by Crippen LogP contribution is 2.25. The molecule has 0 atom stereocenters. The Balaban J connectivity index is 1.45. The summed E-state index contributed by atoms with van der Waals surface area (Å²) in [6.07, 6.45) is 3.96. The summed E-state index contributed by atoms with van der Waals surface area (Å²) in [5.74, 6) is -1.46. The zero-order valence-corrected chi connectivity index (χ0v) is 17.1. The van der Waals surface area contributed by atoms with Crippen molar-refractivity contribution in [3.63, 3.8) is 0 Å². The number of carbonyl (C=O) groups is 1. The summed E-state index contributed by atoms with van der Waals surface area (Å²) in [6, 6.07) is 16.6. The fourth-order valence-corrected chi connectivity index (χ4v) is 3.94. The number of hydrogen-bond donors (Lipinski definition) is 0. The minimum absolute atomic E-state index is 0.264. The number of hydrogen-bond acceptors (Lipinski definition) is 3. The summed E-state index contributed by atoms with van der Waals surface area (Å²) in [4.78, 5) is 19.9. The number of pyridine rings is 1. The van der Waals surface area contributed by atoms with E-state index in [1.807, 2.05) is 47.1 Å². The zero-order valence-electron chi connectivity index (χ0n) is 16.3. The second kappa shape index (κ2) is 8.67. The number of benzene rings is 2. The number of imidazole rings is 1. The van der Waals surface area contributed by atoms with E-state index in [9.17, 15) is 13.6 Å². The Bertz CT molecular complexity index is 1160. The van der Waals surface area contributed by atoms with Gasteiger partial charge in [0.1, 0.15) is 5.65 Å². The second-order valence-corrected chi connectivity index (χ2v) is 7.71. The van der Waals surface area contributed by atoms with Gasteiger partial charge in [-0.2, -0.15) is 0 Å². The van der Waals surface area contributed by atoms with Gasteiger partial charge >= 0.3 is 0 Å². The summed E-state index contributed by atoms with van der Waals surface area (Å²) in [5.41, 5.74) is 2.69. The molecule has 0 saturated heterocycles. The fourth-order valence-electron chi connectivity index (χ4n) is 3.16. The maximum Gasteiger partial charge on any atom is 0.258 e. The molecule has 0 aliphatic carbocycles. The van der Waals surface area contributed by atoms with Gasteiger partial charge in [0, 0.05) is 46.9 Å². The number of carbonyl (C=O) groups excluding carboxylic acids is 1. The van der Waals surface area contributed by atoms with Gasteiger partial charge in [-0.1, -0.05) is 6.07 Å². The molecule has 0 fully saturated rings.